The lowest BCUT2D eigenvalue weighted by atomic mass is 9.89. The SMILES string of the molecule is CN(C)C(=O)N1C[C@@H]2CC(N)(Cc3ccccc3)C[C@@H]2C1. The molecule has 3 atom stereocenters. The number of urea groups is 1. The molecular formula is C17H25N3O. The zero-order valence-electron chi connectivity index (χ0n) is 13.0. The molecule has 4 heteroatoms. The first-order chi connectivity index (χ1) is 9.97. The number of carbonyl (C=O) groups excluding carboxylic acids is 1. The quantitative estimate of drug-likeness (QED) is 0.904. The summed E-state index contributed by atoms with van der Waals surface area (Å²) in [6.45, 7) is 1.74. The maximum atomic E-state index is 12.0. The van der Waals surface area contributed by atoms with E-state index in [1.165, 1.54) is 5.56 Å². The number of carbonyl (C=O) groups is 1. The van der Waals surface area contributed by atoms with Crippen molar-refractivity contribution in [2.24, 2.45) is 17.6 Å². The van der Waals surface area contributed by atoms with Crippen LogP contribution in [0.15, 0.2) is 30.3 Å². The molecule has 2 aliphatic rings. The molecule has 1 saturated heterocycles. The Balaban J connectivity index is 1.62. The molecule has 1 aromatic carbocycles. The summed E-state index contributed by atoms with van der Waals surface area (Å²) in [6.07, 6.45) is 3.01. The van der Waals surface area contributed by atoms with Crippen LogP contribution in [0.3, 0.4) is 0 Å². The average Bonchev–Trinajstić information content (AvgIpc) is 2.93. The molecule has 0 radical (unpaired) electrons. The smallest absolute Gasteiger partial charge is 0.319 e. The second-order valence-corrected chi connectivity index (χ2v) is 7.04. The highest BCUT2D eigenvalue weighted by Crippen LogP contribution is 2.44. The van der Waals surface area contributed by atoms with Gasteiger partial charge in [-0.2, -0.15) is 0 Å². The van der Waals surface area contributed by atoms with Crippen molar-refractivity contribution in [1.82, 2.24) is 9.80 Å². The normalized spacial score (nSPS) is 31.3. The Morgan fingerprint density at radius 3 is 2.33 bits per heavy atom. The van der Waals surface area contributed by atoms with Gasteiger partial charge in [-0.05, 0) is 36.7 Å². The van der Waals surface area contributed by atoms with Crippen LogP contribution in [0.4, 0.5) is 4.79 Å². The maximum absolute atomic E-state index is 12.0. The Morgan fingerprint density at radius 1 is 1.24 bits per heavy atom. The van der Waals surface area contributed by atoms with E-state index in [0.717, 1.165) is 32.4 Å². The van der Waals surface area contributed by atoms with Gasteiger partial charge in [0.05, 0.1) is 0 Å². The molecule has 1 aliphatic carbocycles. The number of fused-ring (bicyclic) bond motifs is 1. The van der Waals surface area contributed by atoms with Gasteiger partial charge in [-0.1, -0.05) is 30.3 Å². The van der Waals surface area contributed by atoms with Gasteiger partial charge in [-0.25, -0.2) is 4.79 Å². The lowest BCUT2D eigenvalue weighted by molar-refractivity contribution is 0.176. The van der Waals surface area contributed by atoms with E-state index in [-0.39, 0.29) is 11.6 Å². The number of benzene rings is 1. The predicted molar refractivity (Wildman–Crippen MR) is 83.9 cm³/mol. The fourth-order valence-electron chi connectivity index (χ4n) is 4.11. The Kier molecular flexibility index (Phi) is 3.66. The van der Waals surface area contributed by atoms with Crippen molar-refractivity contribution in [3.63, 3.8) is 0 Å². The summed E-state index contributed by atoms with van der Waals surface area (Å²) in [4.78, 5) is 15.7. The largest absolute Gasteiger partial charge is 0.331 e. The maximum Gasteiger partial charge on any atom is 0.319 e. The minimum Gasteiger partial charge on any atom is -0.331 e. The number of amides is 2. The number of nitrogens with two attached hydrogens (primary N) is 1. The van der Waals surface area contributed by atoms with Gasteiger partial charge in [0.15, 0.2) is 0 Å². The van der Waals surface area contributed by atoms with Crippen molar-refractivity contribution >= 4 is 6.03 Å². The highest BCUT2D eigenvalue weighted by Gasteiger charge is 2.48. The van der Waals surface area contributed by atoms with Crippen LogP contribution < -0.4 is 5.73 Å². The third-order valence-corrected chi connectivity index (χ3v) is 4.97. The zero-order chi connectivity index (χ0) is 15.0. The molecule has 2 N–H and O–H groups in total. The Labute approximate surface area is 126 Å². The van der Waals surface area contributed by atoms with Gasteiger partial charge in [-0.15, -0.1) is 0 Å². The van der Waals surface area contributed by atoms with Gasteiger partial charge in [0, 0.05) is 32.7 Å². The van der Waals surface area contributed by atoms with E-state index in [1.54, 1.807) is 4.90 Å². The van der Waals surface area contributed by atoms with Gasteiger partial charge >= 0.3 is 6.03 Å². The summed E-state index contributed by atoms with van der Waals surface area (Å²) >= 11 is 0. The van der Waals surface area contributed by atoms with Crippen LogP contribution in [-0.2, 0) is 6.42 Å². The second kappa shape index (κ2) is 5.34. The lowest BCUT2D eigenvalue weighted by Crippen LogP contribution is -2.43. The first-order valence-corrected chi connectivity index (χ1v) is 7.76. The van der Waals surface area contributed by atoms with Crippen LogP contribution in [0.25, 0.3) is 0 Å². The summed E-state index contributed by atoms with van der Waals surface area (Å²) in [5, 5.41) is 0. The number of hydrogen-bond acceptors (Lipinski definition) is 2. The molecule has 1 saturated carbocycles. The van der Waals surface area contributed by atoms with Crippen molar-refractivity contribution < 1.29 is 4.79 Å². The molecule has 1 heterocycles. The van der Waals surface area contributed by atoms with Crippen molar-refractivity contribution in [2.75, 3.05) is 27.2 Å². The average molecular weight is 287 g/mol. The number of nitrogens with zero attached hydrogens (tertiary/aromatic N) is 2. The summed E-state index contributed by atoms with van der Waals surface area (Å²) in [5.41, 5.74) is 7.88. The van der Waals surface area contributed by atoms with Crippen molar-refractivity contribution in [3.8, 4) is 0 Å². The molecule has 1 aliphatic heterocycles. The molecule has 21 heavy (non-hydrogen) atoms. The highest BCUT2D eigenvalue weighted by molar-refractivity contribution is 5.74. The fourth-order valence-corrected chi connectivity index (χ4v) is 4.11. The minimum atomic E-state index is -0.0933. The van der Waals surface area contributed by atoms with E-state index in [4.69, 9.17) is 5.73 Å². The van der Waals surface area contributed by atoms with Crippen LogP contribution in [0.5, 0.6) is 0 Å². The van der Waals surface area contributed by atoms with E-state index in [1.807, 2.05) is 25.1 Å². The molecule has 3 rings (SSSR count). The van der Waals surface area contributed by atoms with Crippen LogP contribution in [0.1, 0.15) is 18.4 Å². The molecular weight excluding hydrogens is 262 g/mol. The van der Waals surface area contributed by atoms with Gasteiger partial charge < -0.3 is 15.5 Å². The molecule has 1 aromatic rings. The van der Waals surface area contributed by atoms with Gasteiger partial charge in [0.25, 0.3) is 0 Å². The Morgan fingerprint density at radius 2 is 1.81 bits per heavy atom. The summed E-state index contributed by atoms with van der Waals surface area (Å²) in [7, 11) is 3.64. The highest BCUT2D eigenvalue weighted by atomic mass is 16.2. The van der Waals surface area contributed by atoms with Crippen LogP contribution in [-0.4, -0.2) is 48.6 Å². The van der Waals surface area contributed by atoms with Crippen LogP contribution >= 0.6 is 0 Å². The van der Waals surface area contributed by atoms with Crippen LogP contribution in [0.2, 0.25) is 0 Å². The van der Waals surface area contributed by atoms with Crippen molar-refractivity contribution in [2.45, 2.75) is 24.8 Å². The Hall–Kier alpha value is -1.55. The van der Waals surface area contributed by atoms with Gasteiger partial charge in [-0.3, -0.25) is 0 Å². The molecule has 0 spiro atoms. The third-order valence-electron chi connectivity index (χ3n) is 4.97. The number of likely N-dealkylation sites (tertiary alicyclic amines) is 1. The van der Waals surface area contributed by atoms with Crippen LogP contribution in [0, 0.1) is 11.8 Å². The minimum absolute atomic E-state index is 0.0933. The second-order valence-electron chi connectivity index (χ2n) is 7.04. The molecule has 114 valence electrons. The molecule has 4 nitrogen and oxygen atoms in total. The summed E-state index contributed by atoms with van der Waals surface area (Å²) in [6, 6.07) is 10.6. The number of rotatable bonds is 2. The lowest BCUT2D eigenvalue weighted by Gasteiger charge is -2.28. The molecule has 0 aromatic heterocycles. The first kappa shape index (κ1) is 14.4. The van der Waals surface area contributed by atoms with Crippen molar-refractivity contribution in [1.29, 1.82) is 0 Å². The third kappa shape index (κ3) is 2.91. The van der Waals surface area contributed by atoms with Gasteiger partial charge in [0.2, 0.25) is 0 Å². The molecule has 2 fully saturated rings. The van der Waals surface area contributed by atoms with E-state index < -0.39 is 0 Å². The topological polar surface area (TPSA) is 49.6 Å². The van der Waals surface area contributed by atoms with E-state index in [9.17, 15) is 4.79 Å². The predicted octanol–water partition coefficient (Wildman–Crippen LogP) is 1.95. The monoisotopic (exact) mass is 287 g/mol. The van der Waals surface area contributed by atoms with Gasteiger partial charge in [0.1, 0.15) is 0 Å². The van der Waals surface area contributed by atoms with E-state index in [0.29, 0.717) is 11.8 Å². The number of hydrogen-bond donors (Lipinski definition) is 1. The standard InChI is InChI=1S/C17H25N3O/c1-19(2)16(21)20-11-14-9-17(18,10-15(14)12-20)8-13-6-4-3-5-7-13/h3-7,14-15H,8-12,18H2,1-2H3/t14-,15+,17?. The summed E-state index contributed by atoms with van der Waals surface area (Å²) < 4.78 is 0. The van der Waals surface area contributed by atoms with E-state index >= 15 is 0 Å². The fraction of sp³-hybridized carbons (Fsp3) is 0.588. The van der Waals surface area contributed by atoms with E-state index in [2.05, 4.69) is 24.3 Å². The molecule has 2 amide bonds. The Bertz CT molecular complexity index is 500. The van der Waals surface area contributed by atoms with Crippen molar-refractivity contribution in [3.05, 3.63) is 35.9 Å². The zero-order valence-corrected chi connectivity index (χ0v) is 13.0. The molecule has 1 unspecified atom stereocenters. The summed E-state index contributed by atoms with van der Waals surface area (Å²) in [5.74, 6) is 1.14. The first-order valence-electron chi connectivity index (χ1n) is 7.76. The molecule has 0 bridgehead atoms.